The summed E-state index contributed by atoms with van der Waals surface area (Å²) in [5.41, 5.74) is 2.44. The molecular formula is C13H14BrFN4. The summed E-state index contributed by atoms with van der Waals surface area (Å²) in [4.78, 5) is 0. The Morgan fingerprint density at radius 1 is 1.47 bits per heavy atom. The number of rotatable bonds is 4. The zero-order valence-electron chi connectivity index (χ0n) is 10.5. The van der Waals surface area contributed by atoms with Crippen LogP contribution in [0, 0.1) is 5.82 Å². The van der Waals surface area contributed by atoms with Crippen LogP contribution in [0.25, 0.3) is 11.3 Å². The zero-order chi connectivity index (χ0) is 13.4. The van der Waals surface area contributed by atoms with Crippen molar-refractivity contribution in [1.29, 1.82) is 0 Å². The van der Waals surface area contributed by atoms with Crippen molar-refractivity contribution in [3.05, 3.63) is 34.2 Å². The Kier molecular flexibility index (Phi) is 3.36. The smallest absolute Gasteiger partial charge is 0.156 e. The molecule has 1 fully saturated rings. The Hall–Kier alpha value is -1.27. The Morgan fingerprint density at radius 2 is 2.26 bits per heavy atom. The van der Waals surface area contributed by atoms with Crippen LogP contribution in [0.1, 0.15) is 18.4 Å². The standard InChI is InChI=1S/C13H14BrFN4/c1-19-12(13(14)17-18-19)8-2-5-11(15)9(6-8)7-16-10-3-4-10/h2,5-6,10,16H,3-4,7H2,1H3. The van der Waals surface area contributed by atoms with Crippen LogP contribution in [-0.2, 0) is 13.6 Å². The molecule has 2 aromatic rings. The molecule has 1 aliphatic rings. The Balaban J connectivity index is 1.91. The third kappa shape index (κ3) is 2.69. The van der Waals surface area contributed by atoms with E-state index in [4.69, 9.17) is 0 Å². The van der Waals surface area contributed by atoms with Gasteiger partial charge in [-0.3, -0.25) is 0 Å². The highest BCUT2D eigenvalue weighted by atomic mass is 79.9. The first-order chi connectivity index (χ1) is 9.15. The molecule has 0 aliphatic heterocycles. The quantitative estimate of drug-likeness (QED) is 0.940. The number of benzene rings is 1. The van der Waals surface area contributed by atoms with Gasteiger partial charge in [-0.2, -0.15) is 0 Å². The Morgan fingerprint density at radius 3 is 2.89 bits per heavy atom. The molecule has 6 heteroatoms. The first-order valence-corrected chi connectivity index (χ1v) is 7.02. The number of aromatic nitrogens is 3. The van der Waals surface area contributed by atoms with Gasteiger partial charge in [0.1, 0.15) is 11.5 Å². The van der Waals surface area contributed by atoms with E-state index in [1.165, 1.54) is 18.9 Å². The molecule has 1 aliphatic carbocycles. The molecule has 1 aromatic heterocycles. The molecule has 1 saturated carbocycles. The van der Waals surface area contributed by atoms with Crippen molar-refractivity contribution in [2.45, 2.75) is 25.4 Å². The van der Waals surface area contributed by atoms with Gasteiger partial charge in [0.05, 0.1) is 0 Å². The van der Waals surface area contributed by atoms with Crippen LogP contribution in [0.15, 0.2) is 22.8 Å². The zero-order valence-corrected chi connectivity index (χ0v) is 12.1. The van der Waals surface area contributed by atoms with Gasteiger partial charge in [-0.25, -0.2) is 9.07 Å². The molecule has 0 unspecified atom stereocenters. The SMILES string of the molecule is Cn1nnc(Br)c1-c1ccc(F)c(CNC2CC2)c1. The maximum Gasteiger partial charge on any atom is 0.156 e. The molecule has 0 radical (unpaired) electrons. The number of hydrogen-bond acceptors (Lipinski definition) is 3. The maximum atomic E-state index is 13.8. The lowest BCUT2D eigenvalue weighted by Crippen LogP contribution is -2.16. The van der Waals surface area contributed by atoms with Gasteiger partial charge in [0.2, 0.25) is 0 Å². The monoisotopic (exact) mass is 324 g/mol. The fourth-order valence-electron chi connectivity index (χ4n) is 2.04. The summed E-state index contributed by atoms with van der Waals surface area (Å²) >= 11 is 3.37. The molecule has 1 aromatic carbocycles. The average molecular weight is 325 g/mol. The van der Waals surface area contributed by atoms with E-state index in [0.29, 0.717) is 22.8 Å². The highest BCUT2D eigenvalue weighted by molar-refractivity contribution is 9.10. The Labute approximate surface area is 119 Å². The van der Waals surface area contributed by atoms with Crippen LogP contribution in [0.4, 0.5) is 4.39 Å². The van der Waals surface area contributed by atoms with Crippen LogP contribution in [-0.4, -0.2) is 21.0 Å². The van der Waals surface area contributed by atoms with Gasteiger partial charge in [0.25, 0.3) is 0 Å². The maximum absolute atomic E-state index is 13.8. The van der Waals surface area contributed by atoms with Gasteiger partial charge in [-0.05, 0) is 47.0 Å². The van der Waals surface area contributed by atoms with Crippen molar-refractivity contribution in [2.24, 2.45) is 7.05 Å². The number of nitrogens with one attached hydrogen (secondary N) is 1. The summed E-state index contributed by atoms with van der Waals surface area (Å²) < 4.78 is 16.1. The average Bonchev–Trinajstić information content (AvgIpc) is 3.15. The molecule has 3 rings (SSSR count). The number of halogens is 2. The molecule has 0 bridgehead atoms. The van der Waals surface area contributed by atoms with Gasteiger partial charge in [0.15, 0.2) is 4.60 Å². The summed E-state index contributed by atoms with van der Waals surface area (Å²) in [5, 5.41) is 11.2. The summed E-state index contributed by atoms with van der Waals surface area (Å²) in [5.74, 6) is -0.178. The van der Waals surface area contributed by atoms with Crippen molar-refractivity contribution in [1.82, 2.24) is 20.3 Å². The lowest BCUT2D eigenvalue weighted by Gasteiger charge is -2.08. The molecule has 19 heavy (non-hydrogen) atoms. The van der Waals surface area contributed by atoms with E-state index in [0.717, 1.165) is 11.3 Å². The van der Waals surface area contributed by atoms with Gasteiger partial charge in [-0.15, -0.1) is 5.10 Å². The molecule has 4 nitrogen and oxygen atoms in total. The lowest BCUT2D eigenvalue weighted by molar-refractivity contribution is 0.587. The molecule has 100 valence electrons. The van der Waals surface area contributed by atoms with E-state index in [-0.39, 0.29) is 5.82 Å². The molecule has 0 atom stereocenters. The molecule has 0 amide bonds. The molecule has 1 heterocycles. The van der Waals surface area contributed by atoms with E-state index in [2.05, 4.69) is 31.6 Å². The van der Waals surface area contributed by atoms with Gasteiger partial charge >= 0.3 is 0 Å². The first-order valence-electron chi connectivity index (χ1n) is 6.22. The minimum atomic E-state index is -0.178. The summed E-state index contributed by atoms with van der Waals surface area (Å²) in [6, 6.07) is 5.67. The summed E-state index contributed by atoms with van der Waals surface area (Å²) in [6.45, 7) is 0.563. The van der Waals surface area contributed by atoms with Crippen LogP contribution < -0.4 is 5.32 Å². The largest absolute Gasteiger partial charge is 0.310 e. The van der Waals surface area contributed by atoms with Crippen molar-refractivity contribution < 1.29 is 4.39 Å². The van der Waals surface area contributed by atoms with Crippen molar-refractivity contribution >= 4 is 15.9 Å². The van der Waals surface area contributed by atoms with Gasteiger partial charge in [0, 0.05) is 30.8 Å². The lowest BCUT2D eigenvalue weighted by atomic mass is 10.1. The first kappa shape index (κ1) is 12.7. The fraction of sp³-hybridized carbons (Fsp3) is 0.385. The van der Waals surface area contributed by atoms with Crippen LogP contribution in [0.2, 0.25) is 0 Å². The molecule has 1 N–H and O–H groups in total. The molecule has 0 saturated heterocycles. The van der Waals surface area contributed by atoms with E-state index in [1.54, 1.807) is 10.7 Å². The number of aryl methyl sites for hydroxylation is 1. The van der Waals surface area contributed by atoms with Crippen LogP contribution in [0.5, 0.6) is 0 Å². The van der Waals surface area contributed by atoms with Crippen LogP contribution in [0.3, 0.4) is 0 Å². The third-order valence-corrected chi connectivity index (χ3v) is 3.80. The second-order valence-electron chi connectivity index (χ2n) is 4.81. The van der Waals surface area contributed by atoms with Crippen molar-refractivity contribution in [3.63, 3.8) is 0 Å². The second-order valence-corrected chi connectivity index (χ2v) is 5.56. The predicted octanol–water partition coefficient (Wildman–Crippen LogP) is 2.64. The highest BCUT2D eigenvalue weighted by Crippen LogP contribution is 2.27. The topological polar surface area (TPSA) is 42.7 Å². The third-order valence-electron chi connectivity index (χ3n) is 3.26. The molecule has 0 spiro atoms. The molecular weight excluding hydrogens is 311 g/mol. The van der Waals surface area contributed by atoms with E-state index in [1.807, 2.05) is 13.1 Å². The summed E-state index contributed by atoms with van der Waals surface area (Å²) in [7, 11) is 1.82. The van der Waals surface area contributed by atoms with E-state index < -0.39 is 0 Å². The van der Waals surface area contributed by atoms with Crippen molar-refractivity contribution in [2.75, 3.05) is 0 Å². The highest BCUT2D eigenvalue weighted by Gasteiger charge is 2.21. The number of nitrogens with zero attached hydrogens (tertiary/aromatic N) is 3. The minimum Gasteiger partial charge on any atom is -0.310 e. The van der Waals surface area contributed by atoms with Crippen LogP contribution >= 0.6 is 15.9 Å². The van der Waals surface area contributed by atoms with E-state index >= 15 is 0 Å². The minimum absolute atomic E-state index is 0.178. The summed E-state index contributed by atoms with van der Waals surface area (Å²) in [6.07, 6.45) is 2.39. The normalized spacial score (nSPS) is 14.9. The van der Waals surface area contributed by atoms with E-state index in [9.17, 15) is 4.39 Å². The van der Waals surface area contributed by atoms with Crippen molar-refractivity contribution in [3.8, 4) is 11.3 Å². The fourth-order valence-corrected chi connectivity index (χ4v) is 2.59. The predicted molar refractivity (Wildman–Crippen MR) is 74.0 cm³/mol. The van der Waals surface area contributed by atoms with Gasteiger partial charge in [-0.1, -0.05) is 5.21 Å². The van der Waals surface area contributed by atoms with Gasteiger partial charge < -0.3 is 5.32 Å². The second kappa shape index (κ2) is 5.02. The Bertz CT molecular complexity index is 587. The number of hydrogen-bond donors (Lipinski definition) is 1.